The van der Waals surface area contributed by atoms with Crippen LogP contribution in [0.25, 0.3) is 28.4 Å². The standard InChI is InChI=1S/C31H24ClN3O4S/c1-18-7-8-21(16-24(18)32)27-13-10-23(38-27)11-14-29(36)35-31(40)33-22-9-12-25(19(2)15-22)34-30(37)28-17-20-5-3-4-6-26(20)39-28/h3-17H,1-2H3,(H,34,37)(H2,33,35,36,40)/b14-11+. The van der Waals surface area contributed by atoms with Crippen LogP contribution in [0, 0.1) is 13.8 Å². The highest BCUT2D eigenvalue weighted by atomic mass is 35.5. The fourth-order valence-electron chi connectivity index (χ4n) is 3.98. The van der Waals surface area contributed by atoms with Crippen molar-refractivity contribution in [2.24, 2.45) is 0 Å². The van der Waals surface area contributed by atoms with Crippen molar-refractivity contribution in [3.8, 4) is 11.3 Å². The van der Waals surface area contributed by atoms with Gasteiger partial charge in [-0.2, -0.15) is 0 Å². The second kappa shape index (κ2) is 11.6. The minimum absolute atomic E-state index is 0.127. The number of halogens is 1. The highest BCUT2D eigenvalue weighted by molar-refractivity contribution is 7.80. The van der Waals surface area contributed by atoms with E-state index in [1.165, 1.54) is 6.08 Å². The Morgan fingerprint density at radius 3 is 2.48 bits per heavy atom. The quantitative estimate of drug-likeness (QED) is 0.143. The molecule has 0 atom stereocenters. The molecule has 40 heavy (non-hydrogen) atoms. The van der Waals surface area contributed by atoms with Gasteiger partial charge in [0.1, 0.15) is 17.1 Å². The van der Waals surface area contributed by atoms with Gasteiger partial charge in [0.25, 0.3) is 5.91 Å². The maximum atomic E-state index is 12.7. The number of aryl methyl sites for hydroxylation is 2. The van der Waals surface area contributed by atoms with Crippen LogP contribution in [0.3, 0.4) is 0 Å². The Kier molecular flexibility index (Phi) is 7.82. The van der Waals surface area contributed by atoms with Crippen molar-refractivity contribution in [1.82, 2.24) is 5.32 Å². The van der Waals surface area contributed by atoms with Gasteiger partial charge in [-0.1, -0.05) is 41.9 Å². The fraction of sp³-hybridized carbons (Fsp3) is 0.0645. The fourth-order valence-corrected chi connectivity index (χ4v) is 4.38. The van der Waals surface area contributed by atoms with Crippen molar-refractivity contribution < 1.29 is 18.4 Å². The number of carbonyl (C=O) groups is 2. The summed E-state index contributed by atoms with van der Waals surface area (Å²) in [5.41, 5.74) is 4.55. The van der Waals surface area contributed by atoms with Gasteiger partial charge in [0.2, 0.25) is 5.91 Å². The number of nitrogens with one attached hydrogen (secondary N) is 3. The van der Waals surface area contributed by atoms with Crippen molar-refractivity contribution in [1.29, 1.82) is 0 Å². The summed E-state index contributed by atoms with van der Waals surface area (Å²) in [5, 5.41) is 10.1. The first-order valence-electron chi connectivity index (χ1n) is 12.3. The first-order valence-corrected chi connectivity index (χ1v) is 13.1. The number of hydrogen-bond acceptors (Lipinski definition) is 5. The lowest BCUT2D eigenvalue weighted by Gasteiger charge is -2.12. The van der Waals surface area contributed by atoms with E-state index in [0.717, 1.165) is 22.1 Å². The van der Waals surface area contributed by atoms with Crippen LogP contribution in [0.2, 0.25) is 5.02 Å². The number of rotatable bonds is 6. The van der Waals surface area contributed by atoms with Crippen LogP contribution in [-0.4, -0.2) is 16.9 Å². The zero-order valence-corrected chi connectivity index (χ0v) is 23.2. The van der Waals surface area contributed by atoms with Crippen LogP contribution in [-0.2, 0) is 4.79 Å². The van der Waals surface area contributed by atoms with E-state index in [1.54, 1.807) is 30.3 Å². The summed E-state index contributed by atoms with van der Waals surface area (Å²) >= 11 is 11.5. The van der Waals surface area contributed by atoms with Gasteiger partial charge in [-0.05, 0) is 91.8 Å². The van der Waals surface area contributed by atoms with Gasteiger partial charge in [0, 0.05) is 33.4 Å². The predicted octanol–water partition coefficient (Wildman–Crippen LogP) is 7.74. The van der Waals surface area contributed by atoms with Crippen LogP contribution in [0.15, 0.2) is 93.8 Å². The maximum Gasteiger partial charge on any atom is 0.291 e. The average Bonchev–Trinajstić information content (AvgIpc) is 3.58. The molecule has 2 aromatic heterocycles. The normalized spacial score (nSPS) is 11.1. The lowest BCUT2D eigenvalue weighted by atomic mass is 10.1. The molecule has 0 saturated carbocycles. The first kappa shape index (κ1) is 26.9. The maximum absolute atomic E-state index is 12.7. The molecule has 0 aliphatic carbocycles. The molecule has 2 amide bonds. The molecule has 0 fully saturated rings. The predicted molar refractivity (Wildman–Crippen MR) is 163 cm³/mol. The van der Waals surface area contributed by atoms with E-state index in [2.05, 4.69) is 16.0 Å². The van der Waals surface area contributed by atoms with E-state index < -0.39 is 5.91 Å². The van der Waals surface area contributed by atoms with E-state index in [9.17, 15) is 9.59 Å². The molecule has 0 saturated heterocycles. The van der Waals surface area contributed by atoms with Gasteiger partial charge in [0.15, 0.2) is 10.9 Å². The summed E-state index contributed by atoms with van der Waals surface area (Å²) in [7, 11) is 0. The van der Waals surface area contributed by atoms with E-state index in [1.807, 2.05) is 68.4 Å². The minimum atomic E-state index is -0.416. The van der Waals surface area contributed by atoms with Crippen LogP contribution in [0.4, 0.5) is 11.4 Å². The van der Waals surface area contributed by atoms with Gasteiger partial charge < -0.3 is 19.5 Å². The molecule has 0 spiro atoms. The SMILES string of the molecule is Cc1ccc(-c2ccc(/C=C/C(=O)NC(=S)Nc3ccc(NC(=O)c4cc5ccccc5o4)c(C)c3)o2)cc1Cl. The lowest BCUT2D eigenvalue weighted by Crippen LogP contribution is -2.32. The van der Waals surface area contributed by atoms with Gasteiger partial charge >= 0.3 is 0 Å². The Hall–Kier alpha value is -4.66. The van der Waals surface area contributed by atoms with Crippen LogP contribution in [0.1, 0.15) is 27.4 Å². The lowest BCUT2D eigenvalue weighted by molar-refractivity contribution is -0.115. The molecule has 3 N–H and O–H groups in total. The number of furan rings is 2. The monoisotopic (exact) mass is 569 g/mol. The summed E-state index contributed by atoms with van der Waals surface area (Å²) < 4.78 is 11.4. The Labute approximate surface area is 240 Å². The first-order chi connectivity index (χ1) is 19.2. The van der Waals surface area contributed by atoms with Gasteiger partial charge in [-0.15, -0.1) is 0 Å². The molecule has 0 radical (unpaired) electrons. The molecular weight excluding hydrogens is 546 g/mol. The van der Waals surface area contributed by atoms with Gasteiger partial charge in [-0.25, -0.2) is 0 Å². The highest BCUT2D eigenvalue weighted by Gasteiger charge is 2.14. The van der Waals surface area contributed by atoms with E-state index in [4.69, 9.17) is 32.7 Å². The number of fused-ring (bicyclic) bond motifs is 1. The number of para-hydroxylation sites is 1. The third kappa shape index (κ3) is 6.31. The van der Waals surface area contributed by atoms with E-state index in [-0.39, 0.29) is 16.8 Å². The molecule has 0 unspecified atom stereocenters. The summed E-state index contributed by atoms with van der Waals surface area (Å²) in [5.74, 6) is 0.620. The van der Waals surface area contributed by atoms with Crippen molar-refractivity contribution >= 4 is 69.2 Å². The summed E-state index contributed by atoms with van der Waals surface area (Å²) in [6.07, 6.45) is 2.89. The molecule has 3 aromatic carbocycles. The third-order valence-corrected chi connectivity index (χ3v) is 6.71. The van der Waals surface area contributed by atoms with Crippen LogP contribution < -0.4 is 16.0 Å². The smallest absolute Gasteiger partial charge is 0.291 e. The van der Waals surface area contributed by atoms with Crippen molar-refractivity contribution in [2.75, 3.05) is 10.6 Å². The van der Waals surface area contributed by atoms with E-state index in [0.29, 0.717) is 33.5 Å². The molecule has 2 heterocycles. The number of benzene rings is 3. The van der Waals surface area contributed by atoms with Crippen molar-refractivity contribution in [3.05, 3.63) is 113 Å². The number of hydrogen-bond donors (Lipinski definition) is 3. The summed E-state index contributed by atoms with van der Waals surface area (Å²) in [4.78, 5) is 25.1. The highest BCUT2D eigenvalue weighted by Crippen LogP contribution is 2.27. The second-order valence-corrected chi connectivity index (χ2v) is 9.89. The number of amides is 2. The van der Waals surface area contributed by atoms with Crippen LogP contribution in [0.5, 0.6) is 0 Å². The topological polar surface area (TPSA) is 96.5 Å². The van der Waals surface area contributed by atoms with Crippen LogP contribution >= 0.6 is 23.8 Å². The number of carbonyl (C=O) groups excluding carboxylic acids is 2. The molecule has 200 valence electrons. The van der Waals surface area contributed by atoms with Gasteiger partial charge in [-0.3, -0.25) is 14.9 Å². The van der Waals surface area contributed by atoms with Crippen molar-refractivity contribution in [2.45, 2.75) is 13.8 Å². The molecule has 0 bridgehead atoms. The van der Waals surface area contributed by atoms with Gasteiger partial charge in [0.05, 0.1) is 0 Å². The zero-order chi connectivity index (χ0) is 28.2. The largest absolute Gasteiger partial charge is 0.457 e. The molecule has 0 aliphatic heterocycles. The Bertz CT molecular complexity index is 1750. The van der Waals surface area contributed by atoms with E-state index >= 15 is 0 Å². The molecule has 9 heteroatoms. The Morgan fingerprint density at radius 2 is 1.70 bits per heavy atom. The molecule has 7 nitrogen and oxygen atoms in total. The number of thiocarbonyl (C=S) groups is 1. The summed E-state index contributed by atoms with van der Waals surface area (Å²) in [6.45, 7) is 3.78. The Morgan fingerprint density at radius 1 is 0.875 bits per heavy atom. The minimum Gasteiger partial charge on any atom is -0.457 e. The molecular formula is C31H24ClN3O4S. The molecule has 5 aromatic rings. The Balaban J connectivity index is 1.15. The molecule has 0 aliphatic rings. The number of anilines is 2. The van der Waals surface area contributed by atoms with Crippen molar-refractivity contribution in [3.63, 3.8) is 0 Å². The second-order valence-electron chi connectivity index (χ2n) is 9.07. The molecule has 5 rings (SSSR count). The summed E-state index contributed by atoms with van der Waals surface area (Å²) in [6, 6.07) is 23.7. The average molecular weight is 570 g/mol. The third-order valence-electron chi connectivity index (χ3n) is 6.10. The zero-order valence-electron chi connectivity index (χ0n) is 21.6.